The van der Waals surface area contributed by atoms with E-state index in [1.54, 1.807) is 0 Å². The third kappa shape index (κ3) is 4.19. The van der Waals surface area contributed by atoms with Crippen LogP contribution in [0.15, 0.2) is 54.6 Å². The summed E-state index contributed by atoms with van der Waals surface area (Å²) in [5.41, 5.74) is 3.39. The summed E-state index contributed by atoms with van der Waals surface area (Å²) in [6.07, 6.45) is 6.30. The average molecular weight is 352 g/mol. The van der Waals surface area contributed by atoms with Crippen molar-refractivity contribution >= 4 is 0 Å². The lowest BCUT2D eigenvalue weighted by molar-refractivity contribution is -0.0298. The van der Waals surface area contributed by atoms with Crippen LogP contribution in [0.3, 0.4) is 0 Å². The first-order valence-corrected chi connectivity index (χ1v) is 10.0. The Morgan fingerprint density at radius 2 is 1.54 bits per heavy atom. The number of aryl methyl sites for hydroxylation is 1. The van der Waals surface area contributed by atoms with E-state index in [1.807, 2.05) is 0 Å². The van der Waals surface area contributed by atoms with E-state index in [0.717, 1.165) is 32.1 Å². The van der Waals surface area contributed by atoms with Crippen molar-refractivity contribution in [1.82, 2.24) is 4.90 Å². The summed E-state index contributed by atoms with van der Waals surface area (Å²) >= 11 is 0. The highest BCUT2D eigenvalue weighted by atomic mass is 16.3. The summed E-state index contributed by atoms with van der Waals surface area (Å²) in [4.78, 5) is 2.31. The molecule has 0 heterocycles. The summed E-state index contributed by atoms with van der Waals surface area (Å²) in [6, 6.07) is 19.6. The molecule has 1 aliphatic carbocycles. The maximum atomic E-state index is 11.6. The molecule has 1 aliphatic rings. The zero-order valence-electron chi connectivity index (χ0n) is 16.5. The molecular formula is C24H33NO. The molecule has 0 bridgehead atoms. The van der Waals surface area contributed by atoms with Crippen molar-refractivity contribution in [2.45, 2.75) is 63.0 Å². The third-order valence-electron chi connectivity index (χ3n) is 6.20. The second kappa shape index (κ2) is 8.37. The Kier molecular flexibility index (Phi) is 6.16. The van der Waals surface area contributed by atoms with Crippen LogP contribution in [0.2, 0.25) is 0 Å². The number of benzene rings is 2. The molecule has 26 heavy (non-hydrogen) atoms. The largest absolute Gasteiger partial charge is 0.389 e. The van der Waals surface area contributed by atoms with Gasteiger partial charge in [0.05, 0.1) is 5.60 Å². The van der Waals surface area contributed by atoms with Gasteiger partial charge in [-0.25, -0.2) is 0 Å². The predicted octanol–water partition coefficient (Wildman–Crippen LogP) is 5.47. The van der Waals surface area contributed by atoms with Crippen molar-refractivity contribution in [3.8, 4) is 0 Å². The molecule has 2 aromatic rings. The van der Waals surface area contributed by atoms with Crippen LogP contribution in [0.25, 0.3) is 0 Å². The Morgan fingerprint density at radius 3 is 2.15 bits per heavy atom. The van der Waals surface area contributed by atoms with E-state index in [2.05, 4.69) is 80.5 Å². The second-order valence-corrected chi connectivity index (χ2v) is 8.20. The molecule has 140 valence electrons. The number of aliphatic hydroxyl groups is 1. The number of rotatable bonds is 6. The minimum absolute atomic E-state index is 0.163. The van der Waals surface area contributed by atoms with Crippen LogP contribution in [-0.2, 0) is 0 Å². The van der Waals surface area contributed by atoms with Gasteiger partial charge in [0.1, 0.15) is 0 Å². The van der Waals surface area contributed by atoms with Crippen LogP contribution < -0.4 is 0 Å². The van der Waals surface area contributed by atoms with Crippen LogP contribution in [0.4, 0.5) is 0 Å². The van der Waals surface area contributed by atoms with Crippen molar-refractivity contribution in [2.24, 2.45) is 0 Å². The average Bonchev–Trinajstić information content (AvgIpc) is 2.64. The molecule has 2 nitrogen and oxygen atoms in total. The second-order valence-electron chi connectivity index (χ2n) is 8.20. The summed E-state index contributed by atoms with van der Waals surface area (Å²) in [6.45, 7) is 2.19. The Labute approximate surface area is 158 Å². The van der Waals surface area contributed by atoms with Crippen molar-refractivity contribution in [3.05, 3.63) is 71.3 Å². The van der Waals surface area contributed by atoms with E-state index in [9.17, 15) is 5.11 Å². The lowest BCUT2D eigenvalue weighted by Gasteiger charge is -2.42. The van der Waals surface area contributed by atoms with Crippen molar-refractivity contribution in [1.29, 1.82) is 0 Å². The first kappa shape index (κ1) is 19.1. The van der Waals surface area contributed by atoms with Crippen molar-refractivity contribution in [2.75, 3.05) is 14.1 Å². The number of hydrogen-bond donors (Lipinski definition) is 1. The molecule has 1 fully saturated rings. The molecule has 2 atom stereocenters. The van der Waals surface area contributed by atoms with Crippen LogP contribution >= 0.6 is 0 Å². The molecule has 0 spiro atoms. The van der Waals surface area contributed by atoms with Gasteiger partial charge in [-0.2, -0.15) is 0 Å². The monoisotopic (exact) mass is 351 g/mol. The van der Waals surface area contributed by atoms with Crippen LogP contribution in [0.5, 0.6) is 0 Å². The predicted molar refractivity (Wildman–Crippen MR) is 109 cm³/mol. The minimum Gasteiger partial charge on any atom is -0.389 e. The number of nitrogens with zero attached hydrogens (tertiary/aromatic N) is 1. The van der Waals surface area contributed by atoms with Gasteiger partial charge in [0.15, 0.2) is 0 Å². The fraction of sp³-hybridized carbons (Fsp3) is 0.500. The lowest BCUT2D eigenvalue weighted by atomic mass is 9.70. The first-order chi connectivity index (χ1) is 12.5. The zero-order valence-corrected chi connectivity index (χ0v) is 16.5. The lowest BCUT2D eigenvalue weighted by Crippen LogP contribution is -2.40. The van der Waals surface area contributed by atoms with Gasteiger partial charge >= 0.3 is 0 Å². The molecule has 3 rings (SSSR count). The van der Waals surface area contributed by atoms with Gasteiger partial charge in [0.25, 0.3) is 0 Å². The summed E-state index contributed by atoms with van der Waals surface area (Å²) in [7, 11) is 4.31. The van der Waals surface area contributed by atoms with Crippen molar-refractivity contribution in [3.63, 3.8) is 0 Å². The molecular weight excluding hydrogens is 318 g/mol. The van der Waals surface area contributed by atoms with Gasteiger partial charge in [0.2, 0.25) is 0 Å². The Bertz CT molecular complexity index is 688. The van der Waals surface area contributed by atoms with Crippen LogP contribution in [-0.4, -0.2) is 29.7 Å². The molecule has 2 aromatic carbocycles. The molecule has 1 N–H and O–H groups in total. The zero-order chi connectivity index (χ0) is 18.6. The van der Waals surface area contributed by atoms with Gasteiger partial charge in [-0.1, -0.05) is 73.9 Å². The quantitative estimate of drug-likeness (QED) is 0.746. The van der Waals surface area contributed by atoms with Crippen LogP contribution in [0.1, 0.15) is 67.2 Å². The molecule has 0 aliphatic heterocycles. The fourth-order valence-corrected chi connectivity index (χ4v) is 4.66. The Balaban J connectivity index is 1.97. The maximum absolute atomic E-state index is 11.6. The van der Waals surface area contributed by atoms with E-state index in [4.69, 9.17) is 0 Å². The van der Waals surface area contributed by atoms with Gasteiger partial charge in [-0.15, -0.1) is 0 Å². The van der Waals surface area contributed by atoms with Gasteiger partial charge < -0.3 is 10.0 Å². The van der Waals surface area contributed by atoms with E-state index >= 15 is 0 Å². The highest BCUT2D eigenvalue weighted by Gasteiger charge is 2.40. The van der Waals surface area contributed by atoms with Gasteiger partial charge in [-0.3, -0.25) is 0 Å². The first-order valence-electron chi connectivity index (χ1n) is 10.0. The highest BCUT2D eigenvalue weighted by molar-refractivity contribution is 5.31. The van der Waals surface area contributed by atoms with E-state index in [-0.39, 0.29) is 5.92 Å². The molecule has 1 saturated carbocycles. The molecule has 0 radical (unpaired) electrons. The molecule has 0 aromatic heterocycles. The molecule has 2 heteroatoms. The van der Waals surface area contributed by atoms with E-state index in [1.165, 1.54) is 23.1 Å². The smallest absolute Gasteiger partial charge is 0.0716 e. The van der Waals surface area contributed by atoms with Gasteiger partial charge in [-0.05, 0) is 57.0 Å². The fourth-order valence-electron chi connectivity index (χ4n) is 4.66. The minimum atomic E-state index is -0.587. The molecule has 0 amide bonds. The highest BCUT2D eigenvalue weighted by Crippen LogP contribution is 2.45. The Hall–Kier alpha value is -1.64. The number of hydrogen-bond acceptors (Lipinski definition) is 2. The van der Waals surface area contributed by atoms with Crippen LogP contribution in [0, 0.1) is 6.92 Å². The van der Waals surface area contributed by atoms with Crippen molar-refractivity contribution < 1.29 is 5.11 Å². The maximum Gasteiger partial charge on any atom is 0.0716 e. The normalized spacial score (nSPS) is 19.3. The van der Waals surface area contributed by atoms with E-state index < -0.39 is 5.60 Å². The topological polar surface area (TPSA) is 23.5 Å². The van der Waals surface area contributed by atoms with E-state index in [0.29, 0.717) is 6.04 Å². The Morgan fingerprint density at radius 1 is 0.923 bits per heavy atom. The summed E-state index contributed by atoms with van der Waals surface area (Å²) in [5.74, 6) is 0.163. The van der Waals surface area contributed by atoms with Gasteiger partial charge in [0, 0.05) is 12.0 Å². The molecule has 2 unspecified atom stereocenters. The SMILES string of the molecule is Cc1ccccc1C(CC(c1ccccc1)C1(O)CCCCC1)N(C)C. The summed E-state index contributed by atoms with van der Waals surface area (Å²) < 4.78 is 0. The molecule has 0 saturated heterocycles. The standard InChI is InChI=1S/C24H33NO/c1-19-12-8-9-15-21(19)23(25(2)3)18-22(20-13-6-4-7-14-20)24(26)16-10-5-11-17-24/h4,6-9,12-15,22-23,26H,5,10-11,16-18H2,1-3H3. The summed E-state index contributed by atoms with van der Waals surface area (Å²) in [5, 5.41) is 11.6. The third-order valence-corrected chi connectivity index (χ3v) is 6.20.